The predicted octanol–water partition coefficient (Wildman–Crippen LogP) is 2.92. The number of para-hydroxylation sites is 3. The first-order valence-corrected chi connectivity index (χ1v) is 6.77. The van der Waals surface area contributed by atoms with Crippen LogP contribution < -0.4 is 14.8 Å². The van der Waals surface area contributed by atoms with Crippen molar-refractivity contribution in [1.29, 1.82) is 0 Å². The van der Waals surface area contributed by atoms with E-state index in [2.05, 4.69) is 5.32 Å². The van der Waals surface area contributed by atoms with Crippen LogP contribution in [0.4, 0.5) is 5.69 Å². The van der Waals surface area contributed by atoms with Crippen molar-refractivity contribution in [2.24, 2.45) is 0 Å². The largest absolute Gasteiger partial charge is 0.493 e. The molecule has 114 valence electrons. The molecule has 1 N–H and O–H groups in total. The van der Waals surface area contributed by atoms with E-state index >= 15 is 0 Å². The highest BCUT2D eigenvalue weighted by Crippen LogP contribution is 2.25. The van der Waals surface area contributed by atoms with Gasteiger partial charge in [0, 0.05) is 5.56 Å². The van der Waals surface area contributed by atoms with Crippen LogP contribution in [0.1, 0.15) is 17.3 Å². The number of carbonyl (C=O) groups excluding carboxylic acids is 2. The van der Waals surface area contributed by atoms with Gasteiger partial charge in [0.05, 0.1) is 12.8 Å². The zero-order valence-electron chi connectivity index (χ0n) is 12.5. The van der Waals surface area contributed by atoms with Crippen molar-refractivity contribution >= 4 is 17.4 Å². The van der Waals surface area contributed by atoms with Gasteiger partial charge >= 0.3 is 0 Å². The molecular formula is C17H17NO4. The van der Waals surface area contributed by atoms with Gasteiger partial charge in [-0.15, -0.1) is 0 Å². The third-order valence-corrected chi connectivity index (χ3v) is 3.01. The zero-order chi connectivity index (χ0) is 15.9. The van der Waals surface area contributed by atoms with Crippen molar-refractivity contribution in [3.63, 3.8) is 0 Å². The molecular weight excluding hydrogens is 282 g/mol. The van der Waals surface area contributed by atoms with Crippen LogP contribution in [0.15, 0.2) is 48.5 Å². The first-order valence-electron chi connectivity index (χ1n) is 6.77. The molecule has 0 atom stereocenters. The van der Waals surface area contributed by atoms with E-state index in [1.807, 2.05) is 6.07 Å². The van der Waals surface area contributed by atoms with E-state index in [0.29, 0.717) is 22.7 Å². The lowest BCUT2D eigenvalue weighted by molar-refractivity contribution is -0.118. The predicted molar refractivity (Wildman–Crippen MR) is 83.6 cm³/mol. The fourth-order valence-corrected chi connectivity index (χ4v) is 1.97. The number of hydrogen-bond acceptors (Lipinski definition) is 4. The summed E-state index contributed by atoms with van der Waals surface area (Å²) in [6, 6.07) is 13.9. The molecule has 0 unspecified atom stereocenters. The third-order valence-electron chi connectivity index (χ3n) is 3.01. The van der Waals surface area contributed by atoms with E-state index in [9.17, 15) is 9.59 Å². The van der Waals surface area contributed by atoms with E-state index in [1.165, 1.54) is 14.0 Å². The highest BCUT2D eigenvalue weighted by molar-refractivity contribution is 6.03. The number of anilines is 1. The van der Waals surface area contributed by atoms with Gasteiger partial charge in [0.25, 0.3) is 5.91 Å². The van der Waals surface area contributed by atoms with Crippen molar-refractivity contribution < 1.29 is 19.1 Å². The summed E-state index contributed by atoms with van der Waals surface area (Å²) in [5.41, 5.74) is 0.941. The molecule has 1 amide bonds. The van der Waals surface area contributed by atoms with Crippen LogP contribution in [-0.2, 0) is 4.79 Å². The van der Waals surface area contributed by atoms with Crippen molar-refractivity contribution in [2.45, 2.75) is 6.92 Å². The second kappa shape index (κ2) is 7.26. The molecule has 0 heterocycles. The summed E-state index contributed by atoms with van der Waals surface area (Å²) in [6.07, 6.45) is 0. The van der Waals surface area contributed by atoms with E-state index in [4.69, 9.17) is 9.47 Å². The number of carbonyl (C=O) groups is 2. The molecule has 0 aromatic heterocycles. The molecule has 0 spiro atoms. The molecule has 0 aliphatic heterocycles. The summed E-state index contributed by atoms with van der Waals surface area (Å²) in [5.74, 6) is 0.584. The molecule has 5 nitrogen and oxygen atoms in total. The molecule has 0 bridgehead atoms. The molecule has 0 aliphatic carbocycles. The number of rotatable bonds is 6. The number of ketones is 1. The minimum absolute atomic E-state index is 0.110. The van der Waals surface area contributed by atoms with E-state index < -0.39 is 0 Å². The van der Waals surface area contributed by atoms with Crippen LogP contribution in [-0.4, -0.2) is 25.4 Å². The molecule has 2 rings (SSSR count). The number of nitrogens with one attached hydrogen (secondary N) is 1. The van der Waals surface area contributed by atoms with Crippen LogP contribution in [0.2, 0.25) is 0 Å². The maximum Gasteiger partial charge on any atom is 0.262 e. The van der Waals surface area contributed by atoms with Gasteiger partial charge in [0.2, 0.25) is 0 Å². The second-order valence-electron chi connectivity index (χ2n) is 4.59. The maximum absolute atomic E-state index is 12.0. The number of ether oxygens (including phenoxy) is 2. The lowest BCUT2D eigenvalue weighted by Crippen LogP contribution is -2.21. The fraction of sp³-hybridized carbons (Fsp3) is 0.176. The highest BCUT2D eigenvalue weighted by atomic mass is 16.5. The Kier molecular flexibility index (Phi) is 5.14. The second-order valence-corrected chi connectivity index (χ2v) is 4.59. The SMILES string of the molecule is COc1ccccc1OCC(=O)Nc1ccccc1C(C)=O. The van der Waals surface area contributed by atoms with Crippen LogP contribution in [0, 0.1) is 0 Å². The molecule has 0 aliphatic rings. The molecule has 0 radical (unpaired) electrons. The molecule has 0 fully saturated rings. The smallest absolute Gasteiger partial charge is 0.262 e. The summed E-state index contributed by atoms with van der Waals surface area (Å²) < 4.78 is 10.6. The summed E-state index contributed by atoms with van der Waals surface area (Å²) in [7, 11) is 1.53. The monoisotopic (exact) mass is 299 g/mol. The molecule has 2 aromatic carbocycles. The number of methoxy groups -OCH3 is 1. The Morgan fingerprint density at radius 1 is 1.00 bits per heavy atom. The van der Waals surface area contributed by atoms with Crippen molar-refractivity contribution in [3.8, 4) is 11.5 Å². The Labute approximate surface area is 128 Å². The summed E-state index contributed by atoms with van der Waals surface area (Å²) in [5, 5.41) is 2.67. The average Bonchev–Trinajstić information content (AvgIpc) is 2.53. The molecule has 5 heteroatoms. The maximum atomic E-state index is 12.0. The van der Waals surface area contributed by atoms with Gasteiger partial charge in [-0.25, -0.2) is 0 Å². The Balaban J connectivity index is 2.01. The van der Waals surface area contributed by atoms with Gasteiger partial charge in [-0.3, -0.25) is 9.59 Å². The lowest BCUT2D eigenvalue weighted by Gasteiger charge is -2.11. The Morgan fingerprint density at radius 2 is 1.64 bits per heavy atom. The molecule has 2 aromatic rings. The number of amides is 1. The van der Waals surface area contributed by atoms with Gasteiger partial charge in [0.1, 0.15) is 0 Å². The van der Waals surface area contributed by atoms with Crippen LogP contribution in [0.5, 0.6) is 11.5 Å². The van der Waals surface area contributed by atoms with Gasteiger partial charge in [0.15, 0.2) is 23.9 Å². The van der Waals surface area contributed by atoms with E-state index in [0.717, 1.165) is 0 Å². The van der Waals surface area contributed by atoms with Gasteiger partial charge in [-0.05, 0) is 31.2 Å². The van der Waals surface area contributed by atoms with Gasteiger partial charge < -0.3 is 14.8 Å². The van der Waals surface area contributed by atoms with E-state index in [1.54, 1.807) is 42.5 Å². The Bertz CT molecular complexity index is 682. The summed E-state index contributed by atoms with van der Waals surface area (Å²) >= 11 is 0. The minimum atomic E-state index is -0.348. The highest BCUT2D eigenvalue weighted by Gasteiger charge is 2.11. The normalized spacial score (nSPS) is 9.91. The first kappa shape index (κ1) is 15.6. The summed E-state index contributed by atoms with van der Waals surface area (Å²) in [4.78, 5) is 23.5. The third kappa shape index (κ3) is 3.85. The Morgan fingerprint density at radius 3 is 2.32 bits per heavy atom. The molecule has 0 saturated heterocycles. The number of hydrogen-bond donors (Lipinski definition) is 1. The van der Waals surface area contributed by atoms with Crippen LogP contribution in [0.25, 0.3) is 0 Å². The molecule has 22 heavy (non-hydrogen) atoms. The van der Waals surface area contributed by atoms with E-state index in [-0.39, 0.29) is 18.3 Å². The van der Waals surface area contributed by atoms with Gasteiger partial charge in [-0.2, -0.15) is 0 Å². The summed E-state index contributed by atoms with van der Waals surface area (Å²) in [6.45, 7) is 1.28. The van der Waals surface area contributed by atoms with Crippen molar-refractivity contribution in [3.05, 3.63) is 54.1 Å². The number of benzene rings is 2. The fourth-order valence-electron chi connectivity index (χ4n) is 1.97. The Hall–Kier alpha value is -2.82. The zero-order valence-corrected chi connectivity index (χ0v) is 12.5. The molecule has 0 saturated carbocycles. The standard InChI is InChI=1S/C17H17NO4/c1-12(19)13-7-3-4-8-14(13)18-17(20)11-22-16-10-6-5-9-15(16)21-2/h3-10H,11H2,1-2H3,(H,18,20). The van der Waals surface area contributed by atoms with Crippen molar-refractivity contribution in [1.82, 2.24) is 0 Å². The lowest BCUT2D eigenvalue weighted by atomic mass is 10.1. The quantitative estimate of drug-likeness (QED) is 0.833. The average molecular weight is 299 g/mol. The topological polar surface area (TPSA) is 64.6 Å². The van der Waals surface area contributed by atoms with Crippen molar-refractivity contribution in [2.75, 3.05) is 19.0 Å². The van der Waals surface area contributed by atoms with Crippen LogP contribution >= 0.6 is 0 Å². The number of Topliss-reactive ketones (excluding diaryl/α,β-unsaturated/α-hetero) is 1. The first-order chi connectivity index (χ1) is 10.6. The minimum Gasteiger partial charge on any atom is -0.493 e. The van der Waals surface area contributed by atoms with Crippen LogP contribution in [0.3, 0.4) is 0 Å². The van der Waals surface area contributed by atoms with Gasteiger partial charge in [-0.1, -0.05) is 24.3 Å².